The van der Waals surface area contributed by atoms with Crippen LogP contribution in [0.3, 0.4) is 0 Å². The summed E-state index contributed by atoms with van der Waals surface area (Å²) in [5.41, 5.74) is 1.46. The van der Waals surface area contributed by atoms with Crippen molar-refractivity contribution in [3.05, 3.63) is 59.7 Å². The number of ether oxygens (including phenoxy) is 3. The van der Waals surface area contributed by atoms with Gasteiger partial charge in [-0.1, -0.05) is 26.0 Å². The monoisotopic (exact) mass is 411 g/mol. The number of hydrogen-bond donors (Lipinski definition) is 1. The molecule has 0 amide bonds. The lowest BCUT2D eigenvalue weighted by molar-refractivity contribution is -0.139. The first kappa shape index (κ1) is 22.7. The summed E-state index contributed by atoms with van der Waals surface area (Å²) in [4.78, 5) is 27.5. The summed E-state index contributed by atoms with van der Waals surface area (Å²) in [6.07, 6.45) is 4.42. The molecule has 0 heterocycles. The second-order valence-corrected chi connectivity index (χ2v) is 6.74. The van der Waals surface area contributed by atoms with E-state index in [9.17, 15) is 14.7 Å². The first-order valence-corrected chi connectivity index (χ1v) is 9.32. The van der Waals surface area contributed by atoms with Crippen LogP contribution < -0.4 is 14.2 Å². The Balaban J connectivity index is 2.09. The van der Waals surface area contributed by atoms with E-state index in [4.69, 9.17) is 14.2 Å². The zero-order valence-electron chi connectivity index (χ0n) is 17.4. The third-order valence-electron chi connectivity index (χ3n) is 4.19. The fourth-order valence-electron chi connectivity index (χ4n) is 2.56. The Kier molecular flexibility index (Phi) is 8.17. The zero-order valence-corrected chi connectivity index (χ0v) is 17.4. The topological polar surface area (TPSA) is 94.4 Å². The number of benzene rings is 2. The molecule has 0 saturated carbocycles. The number of methoxy groups -OCH3 is 2. The maximum atomic E-state index is 12.1. The number of rotatable bonds is 9. The molecule has 0 saturated heterocycles. The van der Waals surface area contributed by atoms with Crippen molar-refractivity contribution < 1.29 is 28.9 Å². The van der Waals surface area contributed by atoms with Gasteiger partial charge in [-0.05, 0) is 53.5 Å². The molecule has 0 radical (unpaired) electrons. The van der Waals surface area contributed by atoms with E-state index < -0.39 is 18.0 Å². The van der Waals surface area contributed by atoms with Crippen LogP contribution in [0.15, 0.2) is 53.5 Å². The highest BCUT2D eigenvalue weighted by Gasteiger charge is 2.19. The van der Waals surface area contributed by atoms with Crippen LogP contribution in [-0.4, -0.2) is 43.5 Å². The first-order valence-electron chi connectivity index (χ1n) is 9.32. The quantitative estimate of drug-likeness (QED) is 0.291. The largest absolute Gasteiger partial charge is 0.497 e. The molecule has 0 aromatic heterocycles. The molecule has 30 heavy (non-hydrogen) atoms. The maximum absolute atomic E-state index is 12.1. The third kappa shape index (κ3) is 6.48. The standard InChI is InChI=1S/C23H25NO6/c1-15(2)22(23(26)27)24-14-17-7-11-19(20(13-17)29-4)30-21(25)12-8-16-5-9-18(28-3)10-6-16/h5-15,22H,1-4H3,(H,26,27)/b12-8+,24-14?. The average Bonchev–Trinajstić information content (AvgIpc) is 2.73. The number of carboxylic acids is 1. The Hall–Kier alpha value is -3.61. The van der Waals surface area contributed by atoms with Gasteiger partial charge in [-0.3, -0.25) is 4.99 Å². The Labute approximate surface area is 175 Å². The number of aliphatic imine (C=N–C) groups is 1. The minimum absolute atomic E-state index is 0.140. The van der Waals surface area contributed by atoms with Gasteiger partial charge in [-0.25, -0.2) is 9.59 Å². The predicted molar refractivity (Wildman–Crippen MR) is 115 cm³/mol. The number of hydrogen-bond acceptors (Lipinski definition) is 6. The molecule has 1 N–H and O–H groups in total. The van der Waals surface area contributed by atoms with E-state index in [-0.39, 0.29) is 11.7 Å². The average molecular weight is 411 g/mol. The number of esters is 1. The highest BCUT2D eigenvalue weighted by Crippen LogP contribution is 2.28. The van der Waals surface area contributed by atoms with Gasteiger partial charge < -0.3 is 19.3 Å². The van der Waals surface area contributed by atoms with E-state index >= 15 is 0 Å². The van der Waals surface area contributed by atoms with Gasteiger partial charge in [0.25, 0.3) is 0 Å². The van der Waals surface area contributed by atoms with Crippen molar-refractivity contribution >= 4 is 24.2 Å². The number of carboxylic acid groups (broad SMARTS) is 1. The SMILES string of the molecule is COc1ccc(/C=C/C(=O)Oc2ccc(C=NC(C(=O)O)C(C)C)cc2OC)cc1. The lowest BCUT2D eigenvalue weighted by Gasteiger charge is -2.11. The second kappa shape index (κ2) is 10.8. The van der Waals surface area contributed by atoms with Crippen LogP contribution in [0.1, 0.15) is 25.0 Å². The van der Waals surface area contributed by atoms with E-state index in [0.717, 1.165) is 11.3 Å². The summed E-state index contributed by atoms with van der Waals surface area (Å²) in [6, 6.07) is 11.3. The highest BCUT2D eigenvalue weighted by atomic mass is 16.6. The lowest BCUT2D eigenvalue weighted by Crippen LogP contribution is -2.24. The molecule has 0 aliphatic carbocycles. The summed E-state index contributed by atoms with van der Waals surface area (Å²) in [6.45, 7) is 3.58. The highest BCUT2D eigenvalue weighted by molar-refractivity contribution is 5.89. The van der Waals surface area contributed by atoms with Crippen molar-refractivity contribution in [3.63, 3.8) is 0 Å². The van der Waals surface area contributed by atoms with Gasteiger partial charge in [0.05, 0.1) is 14.2 Å². The van der Waals surface area contributed by atoms with E-state index in [1.54, 1.807) is 57.4 Å². The molecule has 0 spiro atoms. The van der Waals surface area contributed by atoms with E-state index in [2.05, 4.69) is 4.99 Å². The van der Waals surface area contributed by atoms with Gasteiger partial charge in [-0.2, -0.15) is 0 Å². The summed E-state index contributed by atoms with van der Waals surface area (Å²) < 4.78 is 15.7. The fraction of sp³-hybridized carbons (Fsp3) is 0.261. The van der Waals surface area contributed by atoms with Crippen LogP contribution in [-0.2, 0) is 9.59 Å². The minimum Gasteiger partial charge on any atom is -0.497 e. The molecular weight excluding hydrogens is 386 g/mol. The second-order valence-electron chi connectivity index (χ2n) is 6.74. The van der Waals surface area contributed by atoms with Crippen molar-refractivity contribution in [2.45, 2.75) is 19.9 Å². The summed E-state index contributed by atoms with van der Waals surface area (Å²) in [5, 5.41) is 9.22. The molecule has 0 aliphatic rings. The smallest absolute Gasteiger partial charge is 0.336 e. The van der Waals surface area contributed by atoms with Crippen LogP contribution in [0.2, 0.25) is 0 Å². The van der Waals surface area contributed by atoms with Gasteiger partial charge in [-0.15, -0.1) is 0 Å². The Bertz CT molecular complexity index is 931. The zero-order chi connectivity index (χ0) is 22.1. The molecule has 7 heteroatoms. The molecule has 1 unspecified atom stereocenters. The molecular formula is C23H25NO6. The number of carbonyl (C=O) groups excluding carboxylic acids is 1. The molecule has 2 aromatic rings. The van der Waals surface area contributed by atoms with Crippen molar-refractivity contribution in [1.82, 2.24) is 0 Å². The minimum atomic E-state index is -0.984. The number of carbonyl (C=O) groups is 2. The van der Waals surface area contributed by atoms with E-state index in [1.807, 2.05) is 12.1 Å². The third-order valence-corrected chi connectivity index (χ3v) is 4.19. The number of nitrogens with zero attached hydrogens (tertiary/aromatic N) is 1. The van der Waals surface area contributed by atoms with Gasteiger partial charge in [0, 0.05) is 12.3 Å². The molecule has 7 nitrogen and oxygen atoms in total. The Morgan fingerprint density at radius 2 is 1.63 bits per heavy atom. The summed E-state index contributed by atoms with van der Waals surface area (Å²) in [7, 11) is 3.04. The van der Waals surface area contributed by atoms with Crippen LogP contribution in [0.25, 0.3) is 6.08 Å². The molecule has 2 aromatic carbocycles. The molecule has 0 aliphatic heterocycles. The maximum Gasteiger partial charge on any atom is 0.336 e. The summed E-state index contributed by atoms with van der Waals surface area (Å²) >= 11 is 0. The van der Waals surface area contributed by atoms with Crippen molar-refractivity contribution in [2.75, 3.05) is 14.2 Å². The van der Waals surface area contributed by atoms with E-state index in [1.165, 1.54) is 19.4 Å². The molecule has 158 valence electrons. The molecule has 0 fully saturated rings. The van der Waals surface area contributed by atoms with Crippen molar-refractivity contribution in [1.29, 1.82) is 0 Å². The first-order chi connectivity index (χ1) is 14.3. The van der Waals surface area contributed by atoms with Crippen molar-refractivity contribution in [3.8, 4) is 17.2 Å². The summed E-state index contributed by atoms with van der Waals surface area (Å²) in [5.74, 6) is -0.373. The van der Waals surface area contributed by atoms with Gasteiger partial charge >= 0.3 is 11.9 Å². The molecule has 0 bridgehead atoms. The normalized spacial score (nSPS) is 12.3. The van der Waals surface area contributed by atoms with E-state index in [0.29, 0.717) is 11.3 Å². The van der Waals surface area contributed by atoms with Crippen LogP contribution in [0.4, 0.5) is 0 Å². The van der Waals surface area contributed by atoms with Gasteiger partial charge in [0.2, 0.25) is 0 Å². The van der Waals surface area contributed by atoms with Crippen LogP contribution in [0.5, 0.6) is 17.2 Å². The molecule has 2 rings (SSSR count). The van der Waals surface area contributed by atoms with Gasteiger partial charge in [0.1, 0.15) is 11.8 Å². The van der Waals surface area contributed by atoms with Gasteiger partial charge in [0.15, 0.2) is 11.5 Å². The van der Waals surface area contributed by atoms with Crippen LogP contribution in [0, 0.1) is 5.92 Å². The van der Waals surface area contributed by atoms with Crippen LogP contribution >= 0.6 is 0 Å². The number of aliphatic carboxylic acids is 1. The Morgan fingerprint density at radius 1 is 0.967 bits per heavy atom. The van der Waals surface area contributed by atoms with Crippen molar-refractivity contribution in [2.24, 2.45) is 10.9 Å². The fourth-order valence-corrected chi connectivity index (χ4v) is 2.56. The molecule has 1 atom stereocenters. The predicted octanol–water partition coefficient (Wildman–Crippen LogP) is 3.85. The Morgan fingerprint density at radius 3 is 2.20 bits per heavy atom. The lowest BCUT2D eigenvalue weighted by atomic mass is 10.1.